The topological polar surface area (TPSA) is 80.9 Å². The first kappa shape index (κ1) is 18.2. The van der Waals surface area contributed by atoms with Crippen LogP contribution in [0.2, 0.25) is 0 Å². The van der Waals surface area contributed by atoms with Crippen LogP contribution < -0.4 is 5.32 Å². The van der Waals surface area contributed by atoms with Gasteiger partial charge in [0.2, 0.25) is 11.7 Å². The van der Waals surface area contributed by atoms with Gasteiger partial charge in [-0.05, 0) is 42.1 Å². The minimum atomic E-state index is -0.338. The summed E-state index contributed by atoms with van der Waals surface area (Å²) in [4.78, 5) is 22.5. The van der Waals surface area contributed by atoms with Crippen molar-refractivity contribution in [3.63, 3.8) is 0 Å². The van der Waals surface area contributed by atoms with Crippen LogP contribution in [-0.2, 0) is 4.79 Å². The Balaban J connectivity index is 1.47. The summed E-state index contributed by atoms with van der Waals surface area (Å²) in [5.41, 5.74) is 1.41. The molecule has 0 aliphatic carbocycles. The number of aromatic nitrogens is 3. The van der Waals surface area contributed by atoms with Crippen molar-refractivity contribution in [2.45, 2.75) is 6.92 Å². The number of benzene rings is 1. The number of nitrogens with zero attached hydrogens (tertiary/aromatic N) is 3. The molecule has 3 heterocycles. The van der Waals surface area contributed by atoms with E-state index >= 15 is 0 Å². The first-order valence-electron chi connectivity index (χ1n) is 8.18. The molecule has 1 N–H and O–H groups in total. The van der Waals surface area contributed by atoms with Crippen LogP contribution in [0.15, 0.2) is 52.4 Å². The molecule has 0 fully saturated rings. The number of hydrogen-bond donors (Lipinski definition) is 1. The van der Waals surface area contributed by atoms with Crippen molar-refractivity contribution in [1.82, 2.24) is 15.1 Å². The van der Waals surface area contributed by atoms with Gasteiger partial charge in [0.1, 0.15) is 10.7 Å². The third kappa shape index (κ3) is 4.05. The Kier molecular flexibility index (Phi) is 5.09. The summed E-state index contributed by atoms with van der Waals surface area (Å²) in [7, 11) is 0. The highest BCUT2D eigenvalue weighted by molar-refractivity contribution is 7.19. The molecular formula is C19H13FN4O2S2. The van der Waals surface area contributed by atoms with Crippen LogP contribution in [0.5, 0.6) is 0 Å². The van der Waals surface area contributed by atoms with Gasteiger partial charge in [-0.25, -0.2) is 9.37 Å². The Morgan fingerprint density at radius 3 is 2.79 bits per heavy atom. The molecule has 0 spiro atoms. The van der Waals surface area contributed by atoms with E-state index < -0.39 is 0 Å². The van der Waals surface area contributed by atoms with Gasteiger partial charge in [-0.3, -0.25) is 10.1 Å². The van der Waals surface area contributed by atoms with Gasteiger partial charge in [0.05, 0.1) is 10.6 Å². The van der Waals surface area contributed by atoms with E-state index in [1.54, 1.807) is 18.2 Å². The number of nitrogens with one attached hydrogen (secondary N) is 1. The fourth-order valence-corrected chi connectivity index (χ4v) is 3.90. The summed E-state index contributed by atoms with van der Waals surface area (Å²) in [6.45, 7) is 1.81. The Morgan fingerprint density at radius 1 is 1.21 bits per heavy atom. The van der Waals surface area contributed by atoms with Crippen molar-refractivity contribution in [3.05, 3.63) is 64.9 Å². The molecule has 4 rings (SSSR count). The highest BCUT2D eigenvalue weighted by Gasteiger charge is 2.18. The Hall–Kier alpha value is -3.17. The summed E-state index contributed by atoms with van der Waals surface area (Å²) in [6.07, 6.45) is 2.96. The maximum atomic E-state index is 12.9. The lowest BCUT2D eigenvalue weighted by atomic mass is 10.2. The van der Waals surface area contributed by atoms with Crippen LogP contribution in [0.4, 0.5) is 9.52 Å². The number of thiophene rings is 1. The number of aryl methyl sites for hydroxylation is 1. The second-order valence-electron chi connectivity index (χ2n) is 5.71. The number of anilines is 1. The molecule has 0 saturated heterocycles. The van der Waals surface area contributed by atoms with Crippen LogP contribution in [0.1, 0.15) is 11.3 Å². The summed E-state index contributed by atoms with van der Waals surface area (Å²) in [5.74, 6) is 0.219. The van der Waals surface area contributed by atoms with Crippen molar-refractivity contribution < 1.29 is 13.7 Å². The molecule has 0 aliphatic rings. The SMILES string of the molecule is Cc1nc(NC(=O)C=Cc2ccc(F)cc2)sc1-c1nc(-c2cccs2)no1. The standard InChI is InChI=1S/C19H13FN4O2S2/c1-11-16(18-23-17(24-26-18)14-3-2-10-27-14)28-19(21-11)22-15(25)9-6-12-4-7-13(20)8-5-12/h2-10H,1H3,(H,21,22,25). The second kappa shape index (κ2) is 7.83. The van der Waals surface area contributed by atoms with E-state index in [0.29, 0.717) is 27.4 Å². The fourth-order valence-electron chi connectivity index (χ4n) is 2.36. The molecule has 0 saturated carbocycles. The van der Waals surface area contributed by atoms with Crippen molar-refractivity contribution in [3.8, 4) is 21.5 Å². The molecule has 0 bridgehead atoms. The van der Waals surface area contributed by atoms with Gasteiger partial charge in [0.25, 0.3) is 5.89 Å². The monoisotopic (exact) mass is 412 g/mol. The number of amides is 1. The Bertz CT molecular complexity index is 1130. The first-order chi connectivity index (χ1) is 13.6. The smallest absolute Gasteiger partial charge is 0.270 e. The van der Waals surface area contributed by atoms with Crippen LogP contribution in [0, 0.1) is 12.7 Å². The van der Waals surface area contributed by atoms with Crippen molar-refractivity contribution in [2.24, 2.45) is 0 Å². The summed E-state index contributed by atoms with van der Waals surface area (Å²) >= 11 is 2.78. The van der Waals surface area contributed by atoms with E-state index in [4.69, 9.17) is 4.52 Å². The summed E-state index contributed by atoms with van der Waals surface area (Å²) in [5, 5.41) is 9.07. The van der Waals surface area contributed by atoms with Gasteiger partial charge in [-0.2, -0.15) is 4.98 Å². The molecule has 28 heavy (non-hydrogen) atoms. The highest BCUT2D eigenvalue weighted by Crippen LogP contribution is 2.33. The number of carbonyl (C=O) groups is 1. The molecule has 0 atom stereocenters. The zero-order valence-electron chi connectivity index (χ0n) is 14.5. The lowest BCUT2D eigenvalue weighted by Gasteiger charge is -1.96. The van der Waals surface area contributed by atoms with E-state index in [0.717, 1.165) is 10.4 Å². The second-order valence-corrected chi connectivity index (χ2v) is 7.65. The normalized spacial score (nSPS) is 11.2. The molecule has 0 radical (unpaired) electrons. The van der Waals surface area contributed by atoms with E-state index in [1.807, 2.05) is 24.4 Å². The Morgan fingerprint density at radius 2 is 2.04 bits per heavy atom. The fraction of sp³-hybridized carbons (Fsp3) is 0.0526. The van der Waals surface area contributed by atoms with Gasteiger partial charge in [-0.1, -0.05) is 34.7 Å². The van der Waals surface area contributed by atoms with Gasteiger partial charge < -0.3 is 4.52 Å². The molecule has 3 aromatic heterocycles. The largest absolute Gasteiger partial charge is 0.333 e. The van der Waals surface area contributed by atoms with Crippen LogP contribution in [0.3, 0.4) is 0 Å². The maximum Gasteiger partial charge on any atom is 0.270 e. The number of halogens is 1. The van der Waals surface area contributed by atoms with Gasteiger partial charge >= 0.3 is 0 Å². The molecule has 140 valence electrons. The zero-order valence-corrected chi connectivity index (χ0v) is 16.2. The lowest BCUT2D eigenvalue weighted by molar-refractivity contribution is -0.111. The van der Waals surface area contributed by atoms with Crippen LogP contribution in [-0.4, -0.2) is 21.0 Å². The molecule has 0 unspecified atom stereocenters. The van der Waals surface area contributed by atoms with E-state index in [2.05, 4.69) is 20.4 Å². The molecule has 6 nitrogen and oxygen atoms in total. The van der Waals surface area contributed by atoms with E-state index in [9.17, 15) is 9.18 Å². The highest BCUT2D eigenvalue weighted by atomic mass is 32.1. The molecule has 9 heteroatoms. The van der Waals surface area contributed by atoms with Crippen LogP contribution in [0.25, 0.3) is 27.5 Å². The summed E-state index contributed by atoms with van der Waals surface area (Å²) in [6, 6.07) is 9.68. The van der Waals surface area contributed by atoms with Gasteiger partial charge in [0, 0.05) is 6.08 Å². The summed E-state index contributed by atoms with van der Waals surface area (Å²) < 4.78 is 18.3. The quantitative estimate of drug-likeness (QED) is 0.466. The number of thiazole rings is 1. The zero-order chi connectivity index (χ0) is 19.5. The van der Waals surface area contributed by atoms with Gasteiger partial charge in [-0.15, -0.1) is 11.3 Å². The first-order valence-corrected chi connectivity index (χ1v) is 9.88. The van der Waals surface area contributed by atoms with Crippen LogP contribution >= 0.6 is 22.7 Å². The lowest BCUT2D eigenvalue weighted by Crippen LogP contribution is -2.07. The van der Waals surface area contributed by atoms with Gasteiger partial charge in [0.15, 0.2) is 5.13 Å². The third-order valence-corrected chi connectivity index (χ3v) is 5.61. The van der Waals surface area contributed by atoms with Crippen molar-refractivity contribution >= 4 is 39.8 Å². The number of hydrogen-bond acceptors (Lipinski definition) is 7. The maximum absolute atomic E-state index is 12.9. The molecule has 0 aliphatic heterocycles. The average Bonchev–Trinajstić information content (AvgIpc) is 3.41. The minimum Gasteiger partial charge on any atom is -0.333 e. The molecular weight excluding hydrogens is 399 g/mol. The predicted molar refractivity (Wildman–Crippen MR) is 108 cm³/mol. The molecule has 4 aromatic rings. The minimum absolute atomic E-state index is 0.323. The molecule has 1 aromatic carbocycles. The number of rotatable bonds is 5. The van der Waals surface area contributed by atoms with E-state index in [1.165, 1.54) is 40.9 Å². The molecule has 1 amide bonds. The predicted octanol–water partition coefficient (Wildman–Crippen LogP) is 5.02. The van der Waals surface area contributed by atoms with E-state index in [-0.39, 0.29) is 11.7 Å². The Labute approximate surface area is 167 Å². The number of carbonyl (C=O) groups excluding carboxylic acids is 1. The van der Waals surface area contributed by atoms with Crippen molar-refractivity contribution in [2.75, 3.05) is 5.32 Å². The third-order valence-electron chi connectivity index (χ3n) is 3.69. The van der Waals surface area contributed by atoms with Crippen molar-refractivity contribution in [1.29, 1.82) is 0 Å². The average molecular weight is 412 g/mol.